The average Bonchev–Trinajstić information content (AvgIpc) is 0.805. The van der Waals surface area contributed by atoms with E-state index in [-0.39, 0.29) is 144 Å². The SMILES string of the molecule is CC(C)(C)/C=N/NC(=O)c1cc(Cl)c(O)c(O)c1Cl.CC(C)(C)/C=N/NC(=O)c1cc(O)c(O)c(Cl)c1.CC(C)(C)/C=N/NC(=O)c1cc(O)c(O)cc1Cl.CC(C)(C)/C=N/NC(=O)c1ccc(O)c(O)c1.CC(C)(C)/C=N/NC(=O)c1ccc(O)c(O)c1Cl.CC(C)(C)/C=N/NC(=O)c1ccc(O)c(O)c1F.CC(C)CC(=O)C(=O)c1[nH]cc(O)c(=O)c1Cl.CC(C)CC(=O)C(=O)c1cc(=O)c(O)c[nH]1. The number of Topliss-reactive ketones (excluding diaryl/α,β-unsaturated/α-hetero) is 4. The third kappa shape index (κ3) is 45.8. The summed E-state index contributed by atoms with van der Waals surface area (Å²) in [7, 11) is 0. The highest BCUT2D eigenvalue weighted by atomic mass is 35.5. The summed E-state index contributed by atoms with van der Waals surface area (Å²) in [6.45, 7) is 41.9. The summed E-state index contributed by atoms with van der Waals surface area (Å²) >= 11 is 34.2. The van der Waals surface area contributed by atoms with Gasteiger partial charge in [0, 0.05) is 85.8 Å². The van der Waals surface area contributed by atoms with Crippen molar-refractivity contribution >= 4 is 165 Å². The average molecular weight is 2090 g/mol. The molecule has 8 rings (SSSR count). The first-order chi connectivity index (χ1) is 64.5. The molecule has 0 unspecified atom stereocenters. The predicted octanol–water partition coefficient (Wildman–Crippen LogP) is 17.0. The van der Waals surface area contributed by atoms with E-state index in [4.69, 9.17) is 95.1 Å². The van der Waals surface area contributed by atoms with Crippen molar-refractivity contribution in [1.29, 1.82) is 0 Å². The molecule has 22 N–H and O–H groups in total. The van der Waals surface area contributed by atoms with Gasteiger partial charge >= 0.3 is 0 Å². The van der Waals surface area contributed by atoms with Crippen molar-refractivity contribution in [3.05, 3.63) is 192 Å². The zero-order valence-corrected chi connectivity index (χ0v) is 85.2. The number of nitrogens with one attached hydrogen (secondary N) is 8. The van der Waals surface area contributed by atoms with Gasteiger partial charge in [-0.05, 0) is 111 Å². The quantitative estimate of drug-likeness (QED) is 0.0111. The number of carbonyl (C=O) groups is 10. The molecular formula is C94H115Cl6FN14O26. The molecule has 2 heterocycles. The first-order valence-corrected chi connectivity index (χ1v) is 43.8. The number of H-pyrrole nitrogens is 2. The summed E-state index contributed by atoms with van der Waals surface area (Å²) < 4.78 is 13.5. The van der Waals surface area contributed by atoms with E-state index < -0.39 is 143 Å². The fraction of sp³-hybridized carbons (Fsp3) is 0.340. The Kier molecular flexibility index (Phi) is 49.0. The van der Waals surface area contributed by atoms with Crippen molar-refractivity contribution in [3.63, 3.8) is 0 Å². The number of pyridine rings is 2. The summed E-state index contributed by atoms with van der Waals surface area (Å²) in [6.07, 6.45) is 11.6. The van der Waals surface area contributed by atoms with Crippen LogP contribution in [0.4, 0.5) is 4.39 Å². The number of amides is 6. The lowest BCUT2D eigenvalue weighted by atomic mass is 9.99. The number of rotatable bonds is 20. The lowest BCUT2D eigenvalue weighted by Gasteiger charge is -2.11. The summed E-state index contributed by atoms with van der Waals surface area (Å²) in [5.41, 5.74) is 10.7. The number of benzene rings is 6. The molecule has 47 heteroatoms. The highest BCUT2D eigenvalue weighted by molar-refractivity contribution is 6.47. The van der Waals surface area contributed by atoms with Crippen LogP contribution in [0.15, 0.2) is 131 Å². The van der Waals surface area contributed by atoms with Crippen molar-refractivity contribution in [2.45, 2.75) is 165 Å². The summed E-state index contributed by atoms with van der Waals surface area (Å²) in [5, 5.41) is 150. The Morgan fingerprint density at radius 2 is 0.674 bits per heavy atom. The Bertz CT molecular complexity index is 5990. The number of carbonyl (C=O) groups excluding carboxylic acids is 10. The lowest BCUT2D eigenvalue weighted by molar-refractivity contribution is -0.116. The minimum atomic E-state index is -1.18. The van der Waals surface area contributed by atoms with Gasteiger partial charge < -0.3 is 81.5 Å². The fourth-order valence-electron chi connectivity index (χ4n) is 8.88. The van der Waals surface area contributed by atoms with Gasteiger partial charge in [0.2, 0.25) is 34.0 Å². The van der Waals surface area contributed by atoms with E-state index in [9.17, 15) is 108 Å². The molecule has 6 amide bonds. The molecule has 2 aromatic heterocycles. The number of aromatic hydroxyl groups is 14. The number of aromatic nitrogens is 2. The molecule has 0 aliphatic rings. The van der Waals surface area contributed by atoms with Crippen molar-refractivity contribution in [1.82, 2.24) is 42.5 Å². The molecule has 0 spiro atoms. The maximum Gasteiger partial charge on any atom is 0.274 e. The van der Waals surface area contributed by atoms with Crippen LogP contribution >= 0.6 is 69.6 Å². The molecule has 0 atom stereocenters. The van der Waals surface area contributed by atoms with Gasteiger partial charge in [-0.1, -0.05) is 222 Å². The van der Waals surface area contributed by atoms with E-state index >= 15 is 0 Å². The Labute approximate surface area is 839 Å². The Balaban J connectivity index is 0.000000806. The number of phenolic OH excluding ortho intramolecular Hbond substituents is 12. The van der Waals surface area contributed by atoms with Crippen LogP contribution in [0.3, 0.4) is 0 Å². The van der Waals surface area contributed by atoms with E-state index in [2.05, 4.69) is 73.1 Å². The van der Waals surface area contributed by atoms with Gasteiger partial charge in [-0.25, -0.2) is 36.9 Å². The standard InChI is InChI=1S/C12H14Cl2N2O3.3C12H15ClN2O3.C12H15FN2O3.C12H16N2O3.C11H12ClNO4.C11H13NO4/c1-12(2,3)5-15-16-11(19)6-4-7(13)9(17)10(18)8(6)14;1-12(2,3)6-14-15-11(18)7-4-9(16)10(17)5-8(7)13;1-12(2,3)6-14-15-11(18)7-4-8(13)10(17)9(16)5-7;2*1-12(2,3)6-14-15-11(18)7-4-5-8(16)10(17)9(7)13;1-12(2,3)7-13-14-11(17)8-4-5-9(15)10(16)6-8;1-5(2)3-6(14)11(17)9-8(12)10(16)7(15)4-13-9;1-6(2)3-9(14)11(16)7-4-8(13)10(15)5-12-7/h4-5,17-18H,1-3H3,(H,16,19);4*4-6,16-17H,1-3H3,(H,15,18);4-7,15-16H,1-3H3,(H,14,17);4-5,15H,3H2,1-2H3,(H,13,16);4-6,15H,3H2,1-2H3,(H,12,13)/b15-5+;4*14-6+;13-7+;;. The largest absolute Gasteiger partial charge is 0.504 e. The van der Waals surface area contributed by atoms with Crippen LogP contribution in [-0.4, -0.2) is 177 Å². The molecule has 141 heavy (non-hydrogen) atoms. The van der Waals surface area contributed by atoms with Crippen molar-refractivity contribution < 1.29 is 124 Å². The predicted molar refractivity (Wildman–Crippen MR) is 536 cm³/mol. The number of phenols is 12. The highest BCUT2D eigenvalue weighted by Gasteiger charge is 2.27. The van der Waals surface area contributed by atoms with E-state index in [1.807, 2.05) is 138 Å². The number of halogens is 7. The van der Waals surface area contributed by atoms with Gasteiger partial charge in [0.1, 0.15) is 10.7 Å². The number of nitrogens with zero attached hydrogens (tertiary/aromatic N) is 6. The second-order valence-corrected chi connectivity index (χ2v) is 39.6. The van der Waals surface area contributed by atoms with Crippen LogP contribution in [0.2, 0.25) is 30.1 Å². The molecule has 8 aromatic rings. The molecule has 40 nitrogen and oxygen atoms in total. The number of hydrazone groups is 6. The molecule has 0 saturated heterocycles. The molecule has 0 aliphatic heterocycles. The molecule has 0 saturated carbocycles. The number of aromatic amines is 2. The summed E-state index contributed by atoms with van der Waals surface area (Å²) in [5.74, 6) is -14.4. The first-order valence-electron chi connectivity index (χ1n) is 41.5. The highest BCUT2D eigenvalue weighted by Crippen LogP contribution is 2.42. The van der Waals surface area contributed by atoms with Crippen LogP contribution in [0, 0.1) is 50.1 Å². The molecule has 0 bridgehead atoms. The smallest absolute Gasteiger partial charge is 0.274 e. The second-order valence-electron chi connectivity index (χ2n) is 37.2. The molecular weight excluding hydrogens is 1970 g/mol. The third-order valence-electron chi connectivity index (χ3n) is 15.7. The van der Waals surface area contributed by atoms with E-state index in [1.165, 1.54) is 42.6 Å². The molecule has 0 fully saturated rings. The topological polar surface area (TPSA) is 666 Å². The zero-order chi connectivity index (χ0) is 109. The number of hydrogen-bond acceptors (Lipinski definition) is 32. The van der Waals surface area contributed by atoms with E-state index in [0.29, 0.717) is 0 Å². The number of hydrogen-bond donors (Lipinski definition) is 22. The van der Waals surface area contributed by atoms with E-state index in [1.54, 1.807) is 44.9 Å². The van der Waals surface area contributed by atoms with Gasteiger partial charge in [0.15, 0.2) is 86.3 Å². The van der Waals surface area contributed by atoms with Crippen LogP contribution in [0.25, 0.3) is 0 Å². The van der Waals surface area contributed by atoms with Crippen LogP contribution in [0.1, 0.15) is 248 Å². The Morgan fingerprint density at radius 1 is 0.326 bits per heavy atom. The van der Waals surface area contributed by atoms with Gasteiger partial charge in [0.25, 0.3) is 35.4 Å². The zero-order valence-electron chi connectivity index (χ0n) is 80.7. The minimum absolute atomic E-state index is 0.0359. The van der Waals surface area contributed by atoms with Crippen LogP contribution < -0.4 is 43.4 Å². The summed E-state index contributed by atoms with van der Waals surface area (Å²) in [4.78, 5) is 143. The van der Waals surface area contributed by atoms with Gasteiger partial charge in [-0.3, -0.25) is 57.5 Å². The van der Waals surface area contributed by atoms with Crippen LogP contribution in [-0.2, 0) is 9.59 Å². The maximum atomic E-state index is 13.5. The monoisotopic (exact) mass is 2080 g/mol. The van der Waals surface area contributed by atoms with Crippen LogP contribution in [0.5, 0.6) is 80.5 Å². The Hall–Kier alpha value is -14.4. The molecule has 766 valence electrons. The number of ketones is 4. The van der Waals surface area contributed by atoms with Crippen molar-refractivity contribution in [2.75, 3.05) is 0 Å². The van der Waals surface area contributed by atoms with Crippen molar-refractivity contribution in [3.8, 4) is 80.5 Å². The summed E-state index contributed by atoms with van der Waals surface area (Å²) in [6, 6.07) is 15.0. The third-order valence-corrected chi connectivity index (χ3v) is 17.7. The molecule has 6 aromatic carbocycles. The maximum absolute atomic E-state index is 13.5. The van der Waals surface area contributed by atoms with Gasteiger partial charge in [-0.15, -0.1) is 0 Å². The second kappa shape index (κ2) is 55.4. The molecule has 0 radical (unpaired) electrons. The normalized spacial score (nSPS) is 11.5. The Morgan fingerprint density at radius 3 is 1.09 bits per heavy atom. The van der Waals surface area contributed by atoms with Gasteiger partial charge in [0.05, 0.1) is 53.1 Å². The first kappa shape index (κ1) is 125. The van der Waals surface area contributed by atoms with Crippen molar-refractivity contribution in [2.24, 2.45) is 74.9 Å². The minimum Gasteiger partial charge on any atom is -0.504 e. The van der Waals surface area contributed by atoms with E-state index in [0.717, 1.165) is 54.9 Å². The molecule has 0 aliphatic carbocycles. The fourth-order valence-corrected chi connectivity index (χ4v) is 10.3. The van der Waals surface area contributed by atoms with Gasteiger partial charge in [-0.2, -0.15) is 30.6 Å². The lowest BCUT2D eigenvalue weighted by Crippen LogP contribution is -2.20.